The lowest BCUT2D eigenvalue weighted by Crippen LogP contribution is -2.40. The lowest BCUT2D eigenvalue weighted by Gasteiger charge is -2.34. The fourth-order valence-electron chi connectivity index (χ4n) is 3.81. The predicted octanol–water partition coefficient (Wildman–Crippen LogP) is 4.05. The van der Waals surface area contributed by atoms with Crippen LogP contribution in [-0.2, 0) is 4.74 Å². The van der Waals surface area contributed by atoms with Crippen LogP contribution in [0.2, 0.25) is 0 Å². The van der Waals surface area contributed by atoms with Gasteiger partial charge in [-0.2, -0.15) is 0 Å². The first kappa shape index (κ1) is 19.4. The number of ether oxygens (including phenoxy) is 2. The Morgan fingerprint density at radius 3 is 2.59 bits per heavy atom. The van der Waals surface area contributed by atoms with E-state index in [-0.39, 0.29) is 11.8 Å². The molecule has 3 aromatic rings. The van der Waals surface area contributed by atoms with Crippen molar-refractivity contribution in [2.24, 2.45) is 4.99 Å². The van der Waals surface area contributed by atoms with Crippen molar-refractivity contribution in [2.75, 3.05) is 40.0 Å². The number of hydrogen-bond acceptors (Lipinski definition) is 5. The molecule has 0 radical (unpaired) electrons. The highest BCUT2D eigenvalue weighted by Gasteiger charge is 2.22. The molecule has 1 aliphatic rings. The van der Waals surface area contributed by atoms with Gasteiger partial charge in [-0.3, -0.25) is 9.89 Å². The van der Waals surface area contributed by atoms with Gasteiger partial charge in [0.05, 0.1) is 32.9 Å². The summed E-state index contributed by atoms with van der Waals surface area (Å²) in [5, 5.41) is 12.5. The maximum absolute atomic E-state index is 10.4. The van der Waals surface area contributed by atoms with Crippen LogP contribution in [-0.4, -0.2) is 56.2 Å². The first-order valence-electron chi connectivity index (χ1n) is 9.92. The standard InChI is InChI=1S/C24H26N2O3/c1-28-20-9-6-19(7-10-20)23(26-12-14-29-15-13-26)17-25-16-22-21-5-3-2-4-18(21)8-11-24(22)27/h2-11,16,23,27H,12-15,17H2,1H3/t23-/m1/s1. The van der Waals surface area contributed by atoms with Crippen molar-refractivity contribution < 1.29 is 14.6 Å². The monoisotopic (exact) mass is 390 g/mol. The van der Waals surface area contributed by atoms with Crippen molar-refractivity contribution in [1.29, 1.82) is 0 Å². The second kappa shape index (κ2) is 9.07. The first-order chi connectivity index (χ1) is 14.3. The Morgan fingerprint density at radius 2 is 1.83 bits per heavy atom. The number of methoxy groups -OCH3 is 1. The molecule has 0 aromatic heterocycles. The molecule has 0 unspecified atom stereocenters. The molecule has 0 aliphatic carbocycles. The zero-order valence-corrected chi connectivity index (χ0v) is 16.6. The van der Waals surface area contributed by atoms with Gasteiger partial charge in [0.1, 0.15) is 11.5 Å². The molecule has 1 N–H and O–H groups in total. The summed E-state index contributed by atoms with van der Waals surface area (Å²) in [6.45, 7) is 3.84. The summed E-state index contributed by atoms with van der Waals surface area (Å²) < 4.78 is 10.8. The molecule has 5 heteroatoms. The largest absolute Gasteiger partial charge is 0.507 e. The summed E-state index contributed by atoms with van der Waals surface area (Å²) in [7, 11) is 1.68. The van der Waals surface area contributed by atoms with E-state index in [9.17, 15) is 5.11 Å². The topological polar surface area (TPSA) is 54.3 Å². The van der Waals surface area contributed by atoms with Crippen LogP contribution in [0.25, 0.3) is 10.8 Å². The highest BCUT2D eigenvalue weighted by Crippen LogP contribution is 2.27. The molecule has 1 fully saturated rings. The number of phenols is 1. The van der Waals surface area contributed by atoms with E-state index < -0.39 is 0 Å². The van der Waals surface area contributed by atoms with Crippen molar-refractivity contribution in [2.45, 2.75) is 6.04 Å². The lowest BCUT2D eigenvalue weighted by atomic mass is 10.0. The van der Waals surface area contributed by atoms with E-state index in [1.54, 1.807) is 19.4 Å². The van der Waals surface area contributed by atoms with Gasteiger partial charge < -0.3 is 14.6 Å². The molecule has 0 spiro atoms. The molecule has 5 nitrogen and oxygen atoms in total. The van der Waals surface area contributed by atoms with Gasteiger partial charge in [-0.05, 0) is 34.5 Å². The summed E-state index contributed by atoms with van der Waals surface area (Å²) in [6.07, 6.45) is 1.80. The number of nitrogens with zero attached hydrogens (tertiary/aromatic N) is 2. The van der Waals surface area contributed by atoms with Gasteiger partial charge in [0.15, 0.2) is 0 Å². The summed E-state index contributed by atoms with van der Waals surface area (Å²) >= 11 is 0. The van der Waals surface area contributed by atoms with Crippen LogP contribution < -0.4 is 4.74 Å². The molecule has 1 atom stereocenters. The first-order valence-corrected chi connectivity index (χ1v) is 9.92. The van der Waals surface area contributed by atoms with E-state index in [2.05, 4.69) is 17.0 Å². The summed E-state index contributed by atoms with van der Waals surface area (Å²) in [4.78, 5) is 7.16. The number of benzene rings is 3. The van der Waals surface area contributed by atoms with Crippen LogP contribution in [0.3, 0.4) is 0 Å². The highest BCUT2D eigenvalue weighted by atomic mass is 16.5. The van der Waals surface area contributed by atoms with Crippen LogP contribution in [0, 0.1) is 0 Å². The van der Waals surface area contributed by atoms with Crippen LogP contribution >= 0.6 is 0 Å². The second-order valence-electron chi connectivity index (χ2n) is 7.15. The summed E-state index contributed by atoms with van der Waals surface area (Å²) in [6, 6.07) is 20.0. The third-order valence-corrected chi connectivity index (χ3v) is 5.43. The van der Waals surface area contributed by atoms with Crippen LogP contribution in [0.1, 0.15) is 17.2 Å². The third kappa shape index (κ3) is 4.42. The molecule has 29 heavy (non-hydrogen) atoms. The van der Waals surface area contributed by atoms with Crippen LogP contribution in [0.4, 0.5) is 0 Å². The fourth-order valence-corrected chi connectivity index (χ4v) is 3.81. The second-order valence-corrected chi connectivity index (χ2v) is 7.15. The number of aromatic hydroxyl groups is 1. The lowest BCUT2D eigenvalue weighted by molar-refractivity contribution is 0.0180. The number of phenolic OH excluding ortho intramolecular Hbond substituents is 1. The minimum absolute atomic E-state index is 0.151. The minimum atomic E-state index is 0.151. The molecule has 150 valence electrons. The average Bonchev–Trinajstić information content (AvgIpc) is 2.79. The Balaban J connectivity index is 1.60. The molecule has 0 bridgehead atoms. The van der Waals surface area contributed by atoms with E-state index in [4.69, 9.17) is 14.5 Å². The van der Waals surface area contributed by atoms with Crippen LogP contribution in [0.5, 0.6) is 11.5 Å². The van der Waals surface area contributed by atoms with Gasteiger partial charge in [0.25, 0.3) is 0 Å². The van der Waals surface area contributed by atoms with E-state index in [0.717, 1.165) is 48.4 Å². The maximum atomic E-state index is 10.4. The predicted molar refractivity (Wildman–Crippen MR) is 116 cm³/mol. The number of hydrogen-bond donors (Lipinski definition) is 1. The van der Waals surface area contributed by atoms with E-state index >= 15 is 0 Å². The molecule has 0 amide bonds. The number of morpholine rings is 1. The van der Waals surface area contributed by atoms with Crippen molar-refractivity contribution >= 4 is 17.0 Å². The Hall–Kier alpha value is -2.89. The minimum Gasteiger partial charge on any atom is -0.507 e. The molecule has 4 rings (SSSR count). The Kier molecular flexibility index (Phi) is 6.08. The third-order valence-electron chi connectivity index (χ3n) is 5.43. The molecular weight excluding hydrogens is 364 g/mol. The highest BCUT2D eigenvalue weighted by molar-refractivity contribution is 6.02. The molecule has 0 saturated carbocycles. The zero-order chi connectivity index (χ0) is 20.1. The Bertz CT molecular complexity index is 979. The molecule has 1 saturated heterocycles. The van der Waals surface area contributed by atoms with Gasteiger partial charge in [-0.1, -0.05) is 42.5 Å². The normalized spacial score (nSPS) is 16.3. The average molecular weight is 390 g/mol. The van der Waals surface area contributed by atoms with Gasteiger partial charge in [0, 0.05) is 24.9 Å². The molecule has 1 heterocycles. The van der Waals surface area contributed by atoms with Crippen molar-refractivity contribution in [3.63, 3.8) is 0 Å². The number of aliphatic imine (C=N–C) groups is 1. The molecular formula is C24H26N2O3. The zero-order valence-electron chi connectivity index (χ0n) is 16.6. The number of fused-ring (bicyclic) bond motifs is 1. The SMILES string of the molecule is COc1ccc([C@@H](CN=Cc2c(O)ccc3ccccc23)N2CCOCC2)cc1. The van der Waals surface area contributed by atoms with Crippen LogP contribution in [0.15, 0.2) is 65.7 Å². The molecule has 3 aromatic carbocycles. The van der Waals surface area contributed by atoms with Gasteiger partial charge in [0.2, 0.25) is 0 Å². The van der Waals surface area contributed by atoms with Crippen molar-refractivity contribution in [3.8, 4) is 11.5 Å². The van der Waals surface area contributed by atoms with E-state index in [0.29, 0.717) is 6.54 Å². The Morgan fingerprint density at radius 1 is 1.07 bits per heavy atom. The van der Waals surface area contributed by atoms with Gasteiger partial charge in [-0.15, -0.1) is 0 Å². The van der Waals surface area contributed by atoms with E-state index in [1.165, 1.54) is 5.56 Å². The quantitative estimate of drug-likeness (QED) is 0.645. The van der Waals surface area contributed by atoms with Crippen molar-refractivity contribution in [1.82, 2.24) is 4.90 Å². The maximum Gasteiger partial charge on any atom is 0.124 e. The summed E-state index contributed by atoms with van der Waals surface area (Å²) in [5.41, 5.74) is 1.96. The molecule has 1 aliphatic heterocycles. The number of rotatable bonds is 6. The van der Waals surface area contributed by atoms with E-state index in [1.807, 2.05) is 42.5 Å². The Labute approximate surface area is 171 Å². The van der Waals surface area contributed by atoms with Gasteiger partial charge >= 0.3 is 0 Å². The van der Waals surface area contributed by atoms with Crippen molar-refractivity contribution in [3.05, 3.63) is 71.8 Å². The fraction of sp³-hybridized carbons (Fsp3) is 0.292. The van der Waals surface area contributed by atoms with Gasteiger partial charge in [-0.25, -0.2) is 0 Å². The summed E-state index contributed by atoms with van der Waals surface area (Å²) in [5.74, 6) is 1.10. The smallest absolute Gasteiger partial charge is 0.124 e.